The number of nitrogens with one attached hydrogen (secondary N) is 4. The van der Waals surface area contributed by atoms with Crippen LogP contribution in [0.25, 0.3) is 21.8 Å². The highest BCUT2D eigenvalue weighted by Gasteiger charge is 2.65. The lowest BCUT2D eigenvalue weighted by molar-refractivity contribution is -0.161. The van der Waals surface area contributed by atoms with E-state index < -0.39 is 159 Å². The molecule has 8 rings (SSSR count). The zero-order valence-electron chi connectivity index (χ0n) is 46.2. The minimum absolute atomic E-state index is 0.0609. The predicted octanol–water partition coefficient (Wildman–Crippen LogP) is 1.54. The maximum Gasteiger partial charge on any atom is 0.332 e. The lowest BCUT2D eigenvalue weighted by Crippen LogP contribution is -2.61. The molecule has 8 amide bonds. The van der Waals surface area contributed by atoms with Crippen LogP contribution in [0.2, 0.25) is 0 Å². The Morgan fingerprint density at radius 3 is 1.52 bits per heavy atom. The zero-order chi connectivity index (χ0) is 59.0. The summed E-state index contributed by atoms with van der Waals surface area (Å²) in [5.41, 5.74) is -3.55. The van der Waals surface area contributed by atoms with Crippen LogP contribution in [0.3, 0.4) is 0 Å². The summed E-state index contributed by atoms with van der Waals surface area (Å²) in [4.78, 5) is 159. The Kier molecular flexibility index (Phi) is 17.4. The van der Waals surface area contributed by atoms with Gasteiger partial charge in [0.25, 0.3) is 11.8 Å². The SMILES string of the molecule is CCSC1SCCC2C(=O)N(C)C3(CC3C)C(=O)OCC(NC(=O)c3nc4ccccc4cc3O)C(=O)NC(C)C(=O)N(C)C1C(=O)N(C)C1(CC1C)C(=O)OCC(NC(=O)c1nc3ccccc3cc1O)C(=O)NC(C)C(=O)N2C. The number of cyclic esters (lactones) is 2. The van der Waals surface area contributed by atoms with Crippen molar-refractivity contribution < 1.29 is 67.6 Å². The fraction of sp³-hybridized carbons (Fsp3) is 0.491. The molecule has 2 saturated heterocycles. The summed E-state index contributed by atoms with van der Waals surface area (Å²) in [6.07, 6.45) is 0.0730. The van der Waals surface area contributed by atoms with Crippen LogP contribution in [0, 0.1) is 11.8 Å². The molecule has 2 saturated carbocycles. The molecule has 2 bridgehead atoms. The van der Waals surface area contributed by atoms with E-state index in [0.29, 0.717) is 27.6 Å². The van der Waals surface area contributed by atoms with Gasteiger partial charge in [-0.2, -0.15) is 0 Å². The number of esters is 2. The first-order valence-corrected chi connectivity index (χ1v) is 28.5. The summed E-state index contributed by atoms with van der Waals surface area (Å²) in [6, 6.07) is 6.85. The number of aromatic nitrogens is 2. The first kappa shape index (κ1) is 59.4. The summed E-state index contributed by atoms with van der Waals surface area (Å²) < 4.78 is 10.8. The van der Waals surface area contributed by atoms with E-state index in [1.807, 2.05) is 6.92 Å². The number of pyridine rings is 2. The Bertz CT molecular complexity index is 3220. The van der Waals surface area contributed by atoms with E-state index in [0.717, 1.165) is 9.80 Å². The number of amides is 8. The standard InChI is InChI=1S/C55H66N10O14S2/c1-10-80-51-42-50(75)65(9)55(24-28(55)3)53(77)79-26-35(60-45(70)40-38(66)21-31-15-11-13-17-33(31)58-40)43(68)56-29(4)47(72)62(6)37(19-20-81-51)49(74)64(8)54(23-27(54)2)52(76)78-25-36(44(69)57-30(5)48(73)63(42)7)61-46(71)41-39(67)22-32-16-12-14-18-34(32)59-41/h11-18,21-22,27-30,35-37,42,51,66-67H,10,19-20,23-26H2,1-9H3,(H,56,68)(H,57,69)(H,60,70)(H,61,71). The van der Waals surface area contributed by atoms with Gasteiger partial charge in [0.05, 0.1) is 15.6 Å². The fourth-order valence-electron chi connectivity index (χ4n) is 10.6. The molecular formula is C55H66N10O14S2. The number of carbonyl (C=O) groups excluding carboxylic acids is 10. The number of hydrogen-bond donors (Lipinski definition) is 6. The van der Waals surface area contributed by atoms with Crippen molar-refractivity contribution in [3.63, 3.8) is 0 Å². The largest absolute Gasteiger partial charge is 0.505 e. The first-order chi connectivity index (χ1) is 38.4. The minimum Gasteiger partial charge on any atom is -0.505 e. The number of ether oxygens (including phenoxy) is 2. The smallest absolute Gasteiger partial charge is 0.332 e. The molecule has 2 aliphatic carbocycles. The van der Waals surface area contributed by atoms with E-state index in [-0.39, 0.29) is 25.0 Å². The molecular weight excluding hydrogens is 1090 g/mol. The third-order valence-electron chi connectivity index (χ3n) is 15.8. The molecule has 4 aliphatic rings. The number of nitrogens with zero attached hydrogens (tertiary/aromatic N) is 6. The molecule has 4 fully saturated rings. The van der Waals surface area contributed by atoms with Crippen LogP contribution in [0.15, 0.2) is 60.7 Å². The Labute approximate surface area is 475 Å². The molecule has 11 atom stereocenters. The summed E-state index contributed by atoms with van der Waals surface area (Å²) in [5.74, 6) is -10.7. The Morgan fingerprint density at radius 2 is 1.09 bits per heavy atom. The van der Waals surface area contributed by atoms with Gasteiger partial charge in [0, 0.05) is 39.0 Å². The monoisotopic (exact) mass is 1150 g/mol. The summed E-state index contributed by atoms with van der Waals surface area (Å²) in [6.45, 7) is 6.25. The van der Waals surface area contributed by atoms with Gasteiger partial charge < -0.3 is 60.6 Å². The Morgan fingerprint density at radius 1 is 0.667 bits per heavy atom. The number of rotatable bonds is 6. The average Bonchev–Trinajstić information content (AvgIpc) is 4.51. The van der Waals surface area contributed by atoms with Gasteiger partial charge in [-0.25, -0.2) is 19.6 Å². The highest BCUT2D eigenvalue weighted by atomic mass is 32.2. The molecule has 26 heteroatoms. The topological polar surface area (TPSA) is 316 Å². The lowest BCUT2D eigenvalue weighted by Gasteiger charge is -2.39. The third-order valence-corrected chi connectivity index (χ3v) is 18.6. The molecule has 2 spiro atoms. The molecule has 0 radical (unpaired) electrons. The quantitative estimate of drug-likeness (QED) is 0.149. The van der Waals surface area contributed by atoms with Crippen molar-refractivity contribution in [1.29, 1.82) is 0 Å². The van der Waals surface area contributed by atoms with Gasteiger partial charge >= 0.3 is 11.9 Å². The highest BCUT2D eigenvalue weighted by molar-refractivity contribution is 8.17. The molecule has 2 aliphatic heterocycles. The van der Waals surface area contributed by atoms with Crippen LogP contribution in [-0.4, -0.2) is 204 Å². The molecule has 4 heterocycles. The van der Waals surface area contributed by atoms with E-state index in [1.54, 1.807) is 62.4 Å². The Hall–Kier alpha value is -7.74. The number of aromatic hydroxyl groups is 2. The number of likely N-dealkylation sites (N-methyl/N-ethyl adjacent to an activating group) is 4. The van der Waals surface area contributed by atoms with E-state index in [4.69, 9.17) is 9.47 Å². The predicted molar refractivity (Wildman–Crippen MR) is 297 cm³/mol. The van der Waals surface area contributed by atoms with Crippen LogP contribution in [-0.2, 0) is 47.8 Å². The highest BCUT2D eigenvalue weighted by Crippen LogP contribution is 2.51. The van der Waals surface area contributed by atoms with E-state index in [1.165, 1.54) is 87.5 Å². The van der Waals surface area contributed by atoms with Gasteiger partial charge in [-0.05, 0) is 80.7 Å². The van der Waals surface area contributed by atoms with Gasteiger partial charge in [-0.1, -0.05) is 57.2 Å². The van der Waals surface area contributed by atoms with E-state index in [9.17, 15) is 48.6 Å². The fourth-order valence-corrected chi connectivity index (χ4v) is 13.6. The molecule has 24 nitrogen and oxygen atoms in total. The second-order valence-corrected chi connectivity index (χ2v) is 24.0. The normalized spacial score (nSPS) is 29.5. The van der Waals surface area contributed by atoms with E-state index in [2.05, 4.69) is 31.2 Å². The molecule has 6 N–H and O–H groups in total. The van der Waals surface area contributed by atoms with Crippen molar-refractivity contribution in [1.82, 2.24) is 50.8 Å². The summed E-state index contributed by atoms with van der Waals surface area (Å²) >= 11 is 2.50. The van der Waals surface area contributed by atoms with Crippen LogP contribution in [0.1, 0.15) is 74.9 Å². The van der Waals surface area contributed by atoms with Gasteiger partial charge in [0.1, 0.15) is 72.0 Å². The van der Waals surface area contributed by atoms with Crippen LogP contribution in [0.5, 0.6) is 11.5 Å². The third kappa shape index (κ3) is 11.6. The van der Waals surface area contributed by atoms with Gasteiger partial charge in [0.2, 0.25) is 35.4 Å². The van der Waals surface area contributed by atoms with E-state index >= 15 is 9.59 Å². The molecule has 11 unspecified atom stereocenters. The zero-order valence-corrected chi connectivity index (χ0v) is 47.8. The van der Waals surface area contributed by atoms with Gasteiger partial charge in [-0.15, -0.1) is 23.5 Å². The molecule has 81 heavy (non-hydrogen) atoms. The van der Waals surface area contributed by atoms with Gasteiger partial charge in [-0.3, -0.25) is 38.4 Å². The number of benzene rings is 2. The van der Waals surface area contributed by atoms with Gasteiger partial charge in [0.15, 0.2) is 11.4 Å². The molecule has 432 valence electrons. The maximum atomic E-state index is 15.4. The second kappa shape index (κ2) is 23.8. The van der Waals surface area contributed by atoms with Crippen molar-refractivity contribution in [2.24, 2.45) is 11.8 Å². The number of thioether (sulfide) groups is 2. The number of fused-ring (bicyclic) bond motifs is 7. The average molecular weight is 1160 g/mol. The van der Waals surface area contributed by atoms with Crippen molar-refractivity contribution in [3.05, 3.63) is 72.1 Å². The maximum absolute atomic E-state index is 15.4. The Balaban J connectivity index is 1.19. The molecule has 4 aromatic rings. The second-order valence-electron chi connectivity index (χ2n) is 21.0. The summed E-state index contributed by atoms with van der Waals surface area (Å²) in [5, 5.41) is 33.0. The number of hydrogen-bond acceptors (Lipinski definition) is 18. The first-order valence-electron chi connectivity index (χ1n) is 26.4. The van der Waals surface area contributed by atoms with Crippen molar-refractivity contribution in [3.8, 4) is 11.5 Å². The number of para-hydroxylation sites is 2. The molecule has 2 aromatic carbocycles. The van der Waals surface area contributed by atoms with Crippen molar-refractivity contribution >= 4 is 105 Å². The van der Waals surface area contributed by atoms with Crippen LogP contribution < -0.4 is 21.3 Å². The van der Waals surface area contributed by atoms with Crippen LogP contribution in [0.4, 0.5) is 0 Å². The minimum atomic E-state index is -1.74. The summed E-state index contributed by atoms with van der Waals surface area (Å²) in [7, 11) is 5.45. The van der Waals surface area contributed by atoms with Crippen molar-refractivity contribution in [2.75, 3.05) is 52.9 Å². The van der Waals surface area contributed by atoms with Crippen LogP contribution >= 0.6 is 23.5 Å². The molecule has 2 aromatic heterocycles. The number of carbonyl (C=O) groups is 10. The lowest BCUT2D eigenvalue weighted by atomic mass is 10.1. The van der Waals surface area contributed by atoms with Crippen molar-refractivity contribution in [2.45, 2.75) is 106 Å².